The molecule has 1 fully saturated rings. The lowest BCUT2D eigenvalue weighted by Crippen LogP contribution is -2.50. The molecule has 0 aromatic carbocycles. The quantitative estimate of drug-likeness (QED) is 0.860. The van der Waals surface area contributed by atoms with Gasteiger partial charge in [0.1, 0.15) is 0 Å². The number of hydrogen-bond acceptors (Lipinski definition) is 6. The van der Waals surface area contributed by atoms with Gasteiger partial charge < -0.3 is 19.1 Å². The Morgan fingerprint density at radius 2 is 2.04 bits per heavy atom. The number of amides is 2. The van der Waals surface area contributed by atoms with Gasteiger partial charge in [-0.05, 0) is 18.4 Å². The number of ether oxygens (including phenoxy) is 1. The molecule has 0 radical (unpaired) electrons. The van der Waals surface area contributed by atoms with Crippen molar-refractivity contribution in [2.45, 2.75) is 6.92 Å². The Balaban J connectivity index is 1.60. The van der Waals surface area contributed by atoms with Gasteiger partial charge in [-0.2, -0.15) is 0 Å². The number of nitrogens with zero attached hydrogens (tertiary/aromatic N) is 3. The van der Waals surface area contributed by atoms with Gasteiger partial charge in [0.05, 0.1) is 11.5 Å². The van der Waals surface area contributed by atoms with Crippen molar-refractivity contribution in [3.8, 4) is 10.6 Å². The topological polar surface area (TPSA) is 75.9 Å². The first-order valence-corrected chi connectivity index (χ1v) is 8.28. The van der Waals surface area contributed by atoms with E-state index in [0.717, 1.165) is 4.88 Å². The average Bonchev–Trinajstić information content (AvgIpc) is 3.25. The van der Waals surface area contributed by atoms with E-state index in [1.165, 1.54) is 11.3 Å². The van der Waals surface area contributed by atoms with E-state index in [0.29, 0.717) is 38.5 Å². The normalized spacial score (nSPS) is 14.8. The summed E-state index contributed by atoms with van der Waals surface area (Å²) in [5, 5.41) is 5.80. The Morgan fingerprint density at radius 3 is 2.70 bits per heavy atom. The minimum atomic E-state index is -0.332. The van der Waals surface area contributed by atoms with Crippen LogP contribution >= 0.6 is 11.3 Å². The average molecular weight is 335 g/mol. The van der Waals surface area contributed by atoms with E-state index in [9.17, 15) is 9.59 Å². The second-order valence-corrected chi connectivity index (χ2v) is 5.98. The van der Waals surface area contributed by atoms with Crippen LogP contribution in [0.2, 0.25) is 0 Å². The second-order valence-electron chi connectivity index (χ2n) is 5.03. The molecule has 8 heteroatoms. The molecule has 122 valence electrons. The first-order valence-electron chi connectivity index (χ1n) is 7.40. The summed E-state index contributed by atoms with van der Waals surface area (Å²) in [5.41, 5.74) is 0.290. The summed E-state index contributed by atoms with van der Waals surface area (Å²) in [6.45, 7) is 3.95. The third kappa shape index (κ3) is 3.37. The third-order valence-electron chi connectivity index (χ3n) is 3.59. The highest BCUT2D eigenvalue weighted by molar-refractivity contribution is 7.13. The van der Waals surface area contributed by atoms with Gasteiger partial charge in [0, 0.05) is 32.2 Å². The van der Waals surface area contributed by atoms with E-state index in [-0.39, 0.29) is 17.7 Å². The number of thiophene rings is 1. The van der Waals surface area contributed by atoms with Crippen LogP contribution < -0.4 is 0 Å². The Morgan fingerprint density at radius 1 is 1.30 bits per heavy atom. The number of hydrogen-bond donors (Lipinski definition) is 0. The SMILES string of the molecule is CCOC(=O)N1CCN(C(=O)c2cc(-c3cccs3)on2)CC1. The molecule has 1 aliphatic rings. The van der Waals surface area contributed by atoms with Crippen molar-refractivity contribution < 1.29 is 18.8 Å². The van der Waals surface area contributed by atoms with E-state index < -0.39 is 0 Å². The minimum Gasteiger partial charge on any atom is -0.450 e. The van der Waals surface area contributed by atoms with Gasteiger partial charge in [0.2, 0.25) is 0 Å². The molecule has 3 rings (SSSR count). The number of piperazine rings is 1. The van der Waals surface area contributed by atoms with E-state index >= 15 is 0 Å². The fourth-order valence-corrected chi connectivity index (χ4v) is 3.05. The summed E-state index contributed by atoms with van der Waals surface area (Å²) in [4.78, 5) is 28.3. The second kappa shape index (κ2) is 6.82. The van der Waals surface area contributed by atoms with E-state index in [2.05, 4.69) is 5.16 Å². The summed E-state index contributed by atoms with van der Waals surface area (Å²) in [7, 11) is 0. The zero-order valence-electron chi connectivity index (χ0n) is 12.7. The molecular weight excluding hydrogens is 318 g/mol. The minimum absolute atomic E-state index is 0.180. The number of rotatable bonds is 3. The van der Waals surface area contributed by atoms with Crippen molar-refractivity contribution in [3.05, 3.63) is 29.3 Å². The van der Waals surface area contributed by atoms with Crippen LogP contribution in [0.15, 0.2) is 28.1 Å². The number of carbonyl (C=O) groups is 2. The van der Waals surface area contributed by atoms with Crippen LogP contribution in [0.3, 0.4) is 0 Å². The van der Waals surface area contributed by atoms with Crippen LogP contribution in [0, 0.1) is 0 Å². The Bertz CT molecular complexity index is 675. The highest BCUT2D eigenvalue weighted by Crippen LogP contribution is 2.25. The molecule has 0 bridgehead atoms. The van der Waals surface area contributed by atoms with Crippen LogP contribution in [0.4, 0.5) is 4.79 Å². The predicted molar refractivity (Wildman–Crippen MR) is 84.3 cm³/mol. The molecule has 7 nitrogen and oxygen atoms in total. The molecule has 1 aliphatic heterocycles. The molecule has 2 aromatic rings. The molecule has 0 aliphatic carbocycles. The summed E-state index contributed by atoms with van der Waals surface area (Å²) in [6, 6.07) is 5.49. The maximum Gasteiger partial charge on any atom is 0.409 e. The molecule has 3 heterocycles. The highest BCUT2D eigenvalue weighted by atomic mass is 32.1. The van der Waals surface area contributed by atoms with E-state index in [1.807, 2.05) is 17.5 Å². The van der Waals surface area contributed by atoms with E-state index in [1.54, 1.807) is 22.8 Å². The Labute approximate surface area is 137 Å². The number of aromatic nitrogens is 1. The molecule has 0 saturated carbocycles. The van der Waals surface area contributed by atoms with Gasteiger partial charge in [-0.3, -0.25) is 4.79 Å². The van der Waals surface area contributed by atoms with Gasteiger partial charge in [-0.15, -0.1) is 11.3 Å². The Hall–Kier alpha value is -2.35. The summed E-state index contributed by atoms with van der Waals surface area (Å²) in [6.07, 6.45) is -0.332. The summed E-state index contributed by atoms with van der Waals surface area (Å²) < 4.78 is 10.2. The molecule has 23 heavy (non-hydrogen) atoms. The standard InChI is InChI=1S/C15H17N3O4S/c1-2-21-15(20)18-7-5-17(6-8-18)14(19)11-10-12(22-16-11)13-4-3-9-23-13/h3-4,9-10H,2,5-8H2,1H3. The first-order chi connectivity index (χ1) is 11.2. The molecule has 1 saturated heterocycles. The highest BCUT2D eigenvalue weighted by Gasteiger charge is 2.27. The van der Waals surface area contributed by atoms with Gasteiger partial charge in [-0.1, -0.05) is 11.2 Å². The van der Waals surface area contributed by atoms with Crippen molar-refractivity contribution in [3.63, 3.8) is 0 Å². The van der Waals surface area contributed by atoms with Crippen LogP contribution in [0.5, 0.6) is 0 Å². The first kappa shape index (κ1) is 15.5. The molecule has 0 atom stereocenters. The fraction of sp³-hybridized carbons (Fsp3) is 0.400. The van der Waals surface area contributed by atoms with Crippen molar-refractivity contribution in [1.82, 2.24) is 15.0 Å². The van der Waals surface area contributed by atoms with Crippen molar-refractivity contribution in [1.29, 1.82) is 0 Å². The molecule has 0 unspecified atom stereocenters. The van der Waals surface area contributed by atoms with Gasteiger partial charge in [0.15, 0.2) is 11.5 Å². The van der Waals surface area contributed by atoms with Gasteiger partial charge in [-0.25, -0.2) is 4.79 Å². The smallest absolute Gasteiger partial charge is 0.409 e. The molecule has 2 amide bonds. The lowest BCUT2D eigenvalue weighted by Gasteiger charge is -2.33. The van der Waals surface area contributed by atoms with Crippen molar-refractivity contribution >= 4 is 23.3 Å². The maximum absolute atomic E-state index is 12.5. The Kier molecular flexibility index (Phi) is 4.61. The van der Waals surface area contributed by atoms with Gasteiger partial charge in [0.25, 0.3) is 5.91 Å². The zero-order chi connectivity index (χ0) is 16.2. The van der Waals surface area contributed by atoms with Crippen LogP contribution in [-0.2, 0) is 4.74 Å². The molecule has 0 N–H and O–H groups in total. The monoisotopic (exact) mass is 335 g/mol. The lowest BCUT2D eigenvalue weighted by molar-refractivity contribution is 0.0562. The van der Waals surface area contributed by atoms with Crippen LogP contribution in [-0.4, -0.2) is 59.7 Å². The van der Waals surface area contributed by atoms with Crippen molar-refractivity contribution in [2.24, 2.45) is 0 Å². The maximum atomic E-state index is 12.5. The largest absolute Gasteiger partial charge is 0.450 e. The van der Waals surface area contributed by atoms with Crippen molar-refractivity contribution in [2.75, 3.05) is 32.8 Å². The van der Waals surface area contributed by atoms with E-state index in [4.69, 9.17) is 9.26 Å². The van der Waals surface area contributed by atoms with Crippen LogP contribution in [0.25, 0.3) is 10.6 Å². The summed E-state index contributed by atoms with van der Waals surface area (Å²) >= 11 is 1.53. The number of carbonyl (C=O) groups excluding carboxylic acids is 2. The molecular formula is C15H17N3O4S. The third-order valence-corrected chi connectivity index (χ3v) is 4.47. The van der Waals surface area contributed by atoms with Gasteiger partial charge >= 0.3 is 6.09 Å². The molecule has 0 spiro atoms. The fourth-order valence-electron chi connectivity index (χ4n) is 2.38. The zero-order valence-corrected chi connectivity index (χ0v) is 13.5. The predicted octanol–water partition coefficient (Wildman–Crippen LogP) is 2.32. The summed E-state index contributed by atoms with van der Waals surface area (Å²) in [5.74, 6) is 0.411. The molecule has 2 aromatic heterocycles. The lowest BCUT2D eigenvalue weighted by atomic mass is 10.2. The van der Waals surface area contributed by atoms with Crippen LogP contribution in [0.1, 0.15) is 17.4 Å².